The Kier molecular flexibility index (Phi) is 2.93. The van der Waals surface area contributed by atoms with Crippen molar-refractivity contribution in [3.05, 3.63) is 36.4 Å². The minimum Gasteiger partial charge on any atom is -0.352 e. The van der Waals surface area contributed by atoms with Crippen molar-refractivity contribution >= 4 is 11.4 Å². The van der Waals surface area contributed by atoms with Gasteiger partial charge in [0.2, 0.25) is 12.3 Å². The van der Waals surface area contributed by atoms with Crippen molar-refractivity contribution in [3.8, 4) is 0 Å². The third-order valence-electron chi connectivity index (χ3n) is 3.44. The van der Waals surface area contributed by atoms with Crippen LogP contribution >= 0.6 is 0 Å². The van der Waals surface area contributed by atoms with Crippen LogP contribution < -0.4 is 5.32 Å². The van der Waals surface area contributed by atoms with E-state index in [9.17, 15) is 13.6 Å². The molecule has 0 bridgehead atoms. The van der Waals surface area contributed by atoms with Crippen LogP contribution in [-0.2, 0) is 11.3 Å². The fourth-order valence-electron chi connectivity index (χ4n) is 2.19. The second-order valence-corrected chi connectivity index (χ2v) is 4.82. The lowest BCUT2D eigenvalue weighted by Gasteiger charge is -2.05. The fourth-order valence-corrected chi connectivity index (χ4v) is 2.19. The minimum atomic E-state index is -2.39. The lowest BCUT2D eigenvalue weighted by Crippen LogP contribution is -2.25. The molecule has 6 heteroatoms. The smallest absolute Gasteiger partial charge is 0.242 e. The number of hydrogen-bond acceptors (Lipinski definition) is 2. The van der Waals surface area contributed by atoms with Crippen molar-refractivity contribution in [1.29, 1.82) is 0 Å². The van der Waals surface area contributed by atoms with Crippen molar-refractivity contribution in [2.24, 2.45) is 11.8 Å². The molecule has 3 rings (SSSR count). The number of pyridine rings is 1. The monoisotopic (exact) mass is 265 g/mol. The first-order valence-electron chi connectivity index (χ1n) is 6.11. The zero-order valence-corrected chi connectivity index (χ0v) is 10.1. The third-order valence-corrected chi connectivity index (χ3v) is 3.44. The fraction of sp³-hybridized carbons (Fsp3) is 0.385. The van der Waals surface area contributed by atoms with Gasteiger partial charge in [0.1, 0.15) is 0 Å². The summed E-state index contributed by atoms with van der Waals surface area (Å²) >= 11 is 0. The summed E-state index contributed by atoms with van der Waals surface area (Å²) in [5.74, 6) is -1.55. The highest BCUT2D eigenvalue weighted by Crippen LogP contribution is 2.43. The molecule has 1 amide bonds. The first kappa shape index (κ1) is 12.1. The molecule has 0 unspecified atom stereocenters. The Labute approximate surface area is 108 Å². The maximum absolute atomic E-state index is 12.3. The Balaban J connectivity index is 1.58. The molecule has 0 radical (unpaired) electrons. The van der Waals surface area contributed by atoms with Gasteiger partial charge in [0.15, 0.2) is 0 Å². The molecule has 4 nitrogen and oxygen atoms in total. The van der Waals surface area contributed by atoms with E-state index in [1.807, 2.05) is 22.7 Å². The van der Waals surface area contributed by atoms with Crippen LogP contribution in [0.1, 0.15) is 12.0 Å². The van der Waals surface area contributed by atoms with Crippen molar-refractivity contribution in [2.75, 3.05) is 0 Å². The number of nitrogens with one attached hydrogen (secondary N) is 1. The van der Waals surface area contributed by atoms with Gasteiger partial charge in [-0.25, -0.2) is 13.8 Å². The van der Waals surface area contributed by atoms with Crippen molar-refractivity contribution in [2.45, 2.75) is 19.4 Å². The van der Waals surface area contributed by atoms with E-state index in [1.165, 1.54) is 0 Å². The summed E-state index contributed by atoms with van der Waals surface area (Å²) in [6.45, 7) is 0.347. The molecule has 2 heterocycles. The van der Waals surface area contributed by atoms with E-state index in [0.29, 0.717) is 13.0 Å². The molecule has 1 N–H and O–H groups in total. The summed E-state index contributed by atoms with van der Waals surface area (Å²) in [5, 5.41) is 2.70. The minimum absolute atomic E-state index is 0.281. The van der Waals surface area contributed by atoms with E-state index >= 15 is 0 Å². The van der Waals surface area contributed by atoms with Gasteiger partial charge in [0.05, 0.1) is 18.0 Å². The molecule has 0 spiro atoms. The molecule has 0 saturated heterocycles. The average Bonchev–Trinajstić information content (AvgIpc) is 3.07. The summed E-state index contributed by atoms with van der Waals surface area (Å²) < 4.78 is 26.5. The second-order valence-electron chi connectivity index (χ2n) is 4.82. The van der Waals surface area contributed by atoms with Gasteiger partial charge in [-0.05, 0) is 18.1 Å². The van der Waals surface area contributed by atoms with Crippen LogP contribution in [0.5, 0.6) is 0 Å². The normalized spacial score (nSPS) is 21.8. The number of carbonyl (C=O) groups excluding carboxylic acids is 1. The SMILES string of the molecule is O=C(NCc1ccc2cncn2c1)[C@H]1C[C@@H]1C(F)F. The molecular formula is C13H13F2N3O. The molecule has 19 heavy (non-hydrogen) atoms. The van der Waals surface area contributed by atoms with Crippen LogP contribution in [0.15, 0.2) is 30.9 Å². The zero-order chi connectivity index (χ0) is 13.4. The molecule has 1 saturated carbocycles. The number of rotatable bonds is 4. The first-order valence-corrected chi connectivity index (χ1v) is 6.11. The first-order chi connectivity index (χ1) is 9.15. The van der Waals surface area contributed by atoms with E-state index < -0.39 is 18.3 Å². The molecule has 1 aliphatic rings. The van der Waals surface area contributed by atoms with E-state index in [0.717, 1.165) is 11.1 Å². The Morgan fingerprint density at radius 2 is 2.37 bits per heavy atom. The number of fused-ring (bicyclic) bond motifs is 1. The van der Waals surface area contributed by atoms with Crippen molar-refractivity contribution in [3.63, 3.8) is 0 Å². The topological polar surface area (TPSA) is 46.4 Å². The highest BCUT2D eigenvalue weighted by atomic mass is 19.3. The maximum Gasteiger partial charge on any atom is 0.242 e. The molecule has 100 valence electrons. The summed E-state index contributed by atoms with van der Waals surface area (Å²) in [5.41, 5.74) is 1.88. The van der Waals surface area contributed by atoms with Gasteiger partial charge < -0.3 is 9.72 Å². The number of aromatic nitrogens is 2. The Morgan fingerprint density at radius 3 is 3.11 bits per heavy atom. The van der Waals surface area contributed by atoms with Crippen LogP contribution in [0.2, 0.25) is 0 Å². The van der Waals surface area contributed by atoms with Gasteiger partial charge in [-0.15, -0.1) is 0 Å². The predicted molar refractivity (Wildman–Crippen MR) is 64.6 cm³/mol. The van der Waals surface area contributed by atoms with Crippen LogP contribution in [0.25, 0.3) is 5.52 Å². The number of hydrogen-bond donors (Lipinski definition) is 1. The number of amides is 1. The van der Waals surface area contributed by atoms with Crippen molar-refractivity contribution < 1.29 is 13.6 Å². The molecule has 0 aromatic carbocycles. The summed E-state index contributed by atoms with van der Waals surface area (Å²) in [6.07, 6.45) is 3.18. The quantitative estimate of drug-likeness (QED) is 0.917. The number of halogens is 2. The van der Waals surface area contributed by atoms with Gasteiger partial charge in [-0.1, -0.05) is 6.07 Å². The average molecular weight is 265 g/mol. The molecule has 1 aliphatic carbocycles. The van der Waals surface area contributed by atoms with Gasteiger partial charge >= 0.3 is 0 Å². The van der Waals surface area contributed by atoms with E-state index in [1.54, 1.807) is 12.5 Å². The molecule has 2 atom stereocenters. The maximum atomic E-state index is 12.3. The highest BCUT2D eigenvalue weighted by Gasteiger charge is 2.48. The van der Waals surface area contributed by atoms with Crippen LogP contribution in [0.3, 0.4) is 0 Å². The highest BCUT2D eigenvalue weighted by molar-refractivity contribution is 5.81. The predicted octanol–water partition coefficient (Wildman–Crippen LogP) is 1.85. The lowest BCUT2D eigenvalue weighted by molar-refractivity contribution is -0.123. The molecular weight excluding hydrogens is 252 g/mol. The van der Waals surface area contributed by atoms with Crippen LogP contribution in [0, 0.1) is 11.8 Å². The van der Waals surface area contributed by atoms with E-state index in [4.69, 9.17) is 0 Å². The van der Waals surface area contributed by atoms with Crippen molar-refractivity contribution in [1.82, 2.24) is 14.7 Å². The number of imidazole rings is 1. The molecule has 1 fully saturated rings. The number of carbonyl (C=O) groups is 1. The third kappa shape index (κ3) is 2.43. The van der Waals surface area contributed by atoms with E-state index in [-0.39, 0.29) is 5.91 Å². The number of nitrogens with zero attached hydrogens (tertiary/aromatic N) is 2. The summed E-state index contributed by atoms with van der Waals surface area (Å²) in [6, 6.07) is 3.78. The standard InChI is InChI=1S/C13H13F2N3O/c14-12(15)10-3-11(10)13(19)17-4-8-1-2-9-5-16-7-18(9)6-8/h1-2,5-7,10-12H,3-4H2,(H,17,19)/t10-,11-/m0/s1. The van der Waals surface area contributed by atoms with Gasteiger partial charge in [-0.3, -0.25) is 4.79 Å². The van der Waals surface area contributed by atoms with Gasteiger partial charge in [-0.2, -0.15) is 0 Å². The van der Waals surface area contributed by atoms with Crippen LogP contribution in [0.4, 0.5) is 8.78 Å². The molecule has 2 aromatic heterocycles. The Bertz CT molecular complexity index is 611. The summed E-state index contributed by atoms with van der Waals surface area (Å²) in [7, 11) is 0. The second kappa shape index (κ2) is 4.60. The largest absolute Gasteiger partial charge is 0.352 e. The van der Waals surface area contributed by atoms with Crippen LogP contribution in [-0.4, -0.2) is 21.7 Å². The van der Waals surface area contributed by atoms with Gasteiger partial charge in [0, 0.05) is 24.6 Å². The summed E-state index contributed by atoms with van der Waals surface area (Å²) in [4.78, 5) is 15.6. The lowest BCUT2D eigenvalue weighted by atomic mass is 10.2. The van der Waals surface area contributed by atoms with Gasteiger partial charge in [0.25, 0.3) is 0 Å². The molecule has 2 aromatic rings. The zero-order valence-electron chi connectivity index (χ0n) is 10.1. The molecule has 0 aliphatic heterocycles. The Morgan fingerprint density at radius 1 is 1.53 bits per heavy atom. The number of alkyl halides is 2. The van der Waals surface area contributed by atoms with E-state index in [2.05, 4.69) is 10.3 Å². The Hall–Kier alpha value is -1.98.